The third kappa shape index (κ3) is 5.53. The third-order valence-corrected chi connectivity index (χ3v) is 9.95. The van der Waals surface area contributed by atoms with Gasteiger partial charge in [0.2, 0.25) is 5.91 Å². The summed E-state index contributed by atoms with van der Waals surface area (Å²) in [5.74, 6) is -0.575. The summed E-state index contributed by atoms with van der Waals surface area (Å²) in [5, 5.41) is 11.8. The van der Waals surface area contributed by atoms with Crippen molar-refractivity contribution in [3.63, 3.8) is 0 Å². The summed E-state index contributed by atoms with van der Waals surface area (Å²) in [4.78, 5) is 29.6. The number of nitrogens with one attached hydrogen (secondary N) is 2. The molecule has 0 saturated carbocycles. The highest BCUT2D eigenvalue weighted by atomic mass is 32.2. The lowest BCUT2D eigenvalue weighted by atomic mass is 9.94. The molecule has 2 aromatic heterocycles. The lowest BCUT2D eigenvalue weighted by Gasteiger charge is -2.35. The topological polar surface area (TPSA) is 135 Å². The van der Waals surface area contributed by atoms with E-state index >= 15 is 0 Å². The maximum absolute atomic E-state index is 13.1. The molecule has 0 bridgehead atoms. The molecule has 11 heteroatoms. The Balaban J connectivity index is 1.53. The van der Waals surface area contributed by atoms with Gasteiger partial charge in [-0.15, -0.1) is 11.3 Å². The van der Waals surface area contributed by atoms with Gasteiger partial charge in [0.25, 0.3) is 5.91 Å². The van der Waals surface area contributed by atoms with Crippen molar-refractivity contribution in [2.75, 3.05) is 17.7 Å². The Hall–Kier alpha value is -3.28. The molecule has 184 valence electrons. The second-order valence-corrected chi connectivity index (χ2v) is 11.8. The molecule has 1 fully saturated rings. The number of anilines is 1. The van der Waals surface area contributed by atoms with Gasteiger partial charge in [-0.3, -0.25) is 19.8 Å². The molecule has 0 spiro atoms. The summed E-state index contributed by atoms with van der Waals surface area (Å²) in [6.07, 6.45) is 4.34. The van der Waals surface area contributed by atoms with Gasteiger partial charge in [-0.1, -0.05) is 18.6 Å². The molecule has 1 atom stereocenters. The first-order valence-electron chi connectivity index (χ1n) is 11.0. The maximum Gasteiger partial charge on any atom is 0.262 e. The van der Waals surface area contributed by atoms with Gasteiger partial charge in [0, 0.05) is 21.6 Å². The Morgan fingerprint density at radius 3 is 2.71 bits per heavy atom. The molecule has 0 unspecified atom stereocenters. The molecule has 0 radical (unpaired) electrons. The highest BCUT2D eigenvalue weighted by molar-refractivity contribution is 7.92. The van der Waals surface area contributed by atoms with Crippen LogP contribution in [0, 0.1) is 0 Å². The van der Waals surface area contributed by atoms with Gasteiger partial charge in [-0.25, -0.2) is 13.9 Å². The van der Waals surface area contributed by atoms with Crippen LogP contribution in [0.25, 0.3) is 10.4 Å². The lowest BCUT2D eigenvalue weighted by Crippen LogP contribution is -2.43. The molecule has 4 rings (SSSR count). The zero-order valence-electron chi connectivity index (χ0n) is 18.8. The molecule has 3 heterocycles. The summed E-state index contributed by atoms with van der Waals surface area (Å²) >= 11 is 1.30. The van der Waals surface area contributed by atoms with E-state index in [9.17, 15) is 18.0 Å². The van der Waals surface area contributed by atoms with Gasteiger partial charge in [0.1, 0.15) is 10.5 Å². The molecule has 35 heavy (non-hydrogen) atoms. The molecule has 3 N–H and O–H groups in total. The number of amides is 2. The summed E-state index contributed by atoms with van der Waals surface area (Å²) in [6, 6.07) is 14.2. The molecule has 1 aliphatic rings. The number of aromatic nitrogens is 1. The fourth-order valence-corrected chi connectivity index (χ4v) is 7.96. The number of hydroxylamine groups is 1. The minimum absolute atomic E-state index is 0.00156. The Labute approximate surface area is 207 Å². The predicted octanol–water partition coefficient (Wildman–Crippen LogP) is 3.52. The number of nitrogens with zero attached hydrogens (tertiary/aromatic N) is 1. The van der Waals surface area contributed by atoms with Crippen molar-refractivity contribution in [3.05, 3.63) is 65.8 Å². The van der Waals surface area contributed by atoms with Crippen LogP contribution in [-0.4, -0.2) is 42.8 Å². The number of carbonyl (C=O) groups excluding carboxylic acids is 2. The van der Waals surface area contributed by atoms with Crippen LogP contribution in [0.1, 0.15) is 30.6 Å². The van der Waals surface area contributed by atoms with E-state index in [1.54, 1.807) is 48.1 Å². The van der Waals surface area contributed by atoms with Gasteiger partial charge in [-0.2, -0.15) is 0 Å². The van der Waals surface area contributed by atoms with E-state index in [-0.39, 0.29) is 24.7 Å². The molecule has 1 aliphatic heterocycles. The average Bonchev–Trinajstić information content (AvgIpc) is 3.36. The normalized spacial score (nSPS) is 19.0. The highest BCUT2D eigenvalue weighted by Crippen LogP contribution is 2.47. The SMILES string of the molecule is O=C(C[C@]1(c2ccc(-c3cccc(NC(=O)COc4cccnc4)c3)s2)CCCCS1(=O)=O)NO. The lowest BCUT2D eigenvalue weighted by molar-refractivity contribution is -0.130. The van der Waals surface area contributed by atoms with Crippen LogP contribution in [-0.2, 0) is 24.2 Å². The fraction of sp³-hybridized carbons (Fsp3) is 0.292. The number of hydrogen-bond acceptors (Lipinski definition) is 8. The van der Waals surface area contributed by atoms with Crippen LogP contribution < -0.4 is 15.5 Å². The first kappa shape index (κ1) is 24.8. The van der Waals surface area contributed by atoms with Crippen LogP contribution in [0.15, 0.2) is 60.9 Å². The number of rotatable bonds is 8. The zero-order valence-corrected chi connectivity index (χ0v) is 20.4. The molecular weight excluding hydrogens is 490 g/mol. The zero-order chi connectivity index (χ0) is 24.9. The van der Waals surface area contributed by atoms with Crippen molar-refractivity contribution in [2.45, 2.75) is 30.4 Å². The molecular formula is C24H25N3O6S2. The summed E-state index contributed by atoms with van der Waals surface area (Å²) in [6.45, 7) is -0.174. The third-order valence-electron chi connectivity index (χ3n) is 5.90. The number of hydrogen-bond donors (Lipinski definition) is 3. The van der Waals surface area contributed by atoms with Crippen molar-refractivity contribution in [2.24, 2.45) is 0 Å². The highest BCUT2D eigenvalue weighted by Gasteiger charge is 2.49. The van der Waals surface area contributed by atoms with Crippen molar-refractivity contribution in [3.8, 4) is 16.2 Å². The maximum atomic E-state index is 13.1. The van der Waals surface area contributed by atoms with E-state index in [1.807, 2.05) is 12.1 Å². The van der Waals surface area contributed by atoms with Gasteiger partial charge in [0.05, 0.1) is 18.4 Å². The van der Waals surface area contributed by atoms with Gasteiger partial charge < -0.3 is 10.1 Å². The molecule has 1 aromatic carbocycles. The Kier molecular flexibility index (Phi) is 7.48. The molecule has 2 amide bonds. The van der Waals surface area contributed by atoms with Crippen molar-refractivity contribution in [1.82, 2.24) is 10.5 Å². The second-order valence-electron chi connectivity index (χ2n) is 8.25. The van der Waals surface area contributed by atoms with Crippen molar-refractivity contribution < 1.29 is 28.0 Å². The van der Waals surface area contributed by atoms with Crippen LogP contribution in [0.4, 0.5) is 5.69 Å². The number of thiophene rings is 1. The van der Waals surface area contributed by atoms with Crippen molar-refractivity contribution in [1.29, 1.82) is 0 Å². The van der Waals surface area contributed by atoms with Gasteiger partial charge in [-0.05, 0) is 54.8 Å². The van der Waals surface area contributed by atoms with E-state index < -0.39 is 20.5 Å². The van der Waals surface area contributed by atoms with E-state index in [1.165, 1.54) is 17.5 Å². The number of benzene rings is 1. The summed E-state index contributed by atoms with van der Waals surface area (Å²) in [7, 11) is -3.60. The molecule has 0 aliphatic carbocycles. The van der Waals surface area contributed by atoms with E-state index in [0.29, 0.717) is 35.6 Å². The number of pyridine rings is 1. The largest absolute Gasteiger partial charge is 0.482 e. The van der Waals surface area contributed by atoms with Gasteiger partial charge in [0.15, 0.2) is 16.4 Å². The minimum atomic E-state index is -3.60. The average molecular weight is 516 g/mol. The van der Waals surface area contributed by atoms with Crippen LogP contribution in [0.3, 0.4) is 0 Å². The molecule has 9 nitrogen and oxygen atoms in total. The fourth-order valence-electron chi connectivity index (χ4n) is 4.18. The van der Waals surface area contributed by atoms with E-state index in [2.05, 4.69) is 10.3 Å². The van der Waals surface area contributed by atoms with E-state index in [0.717, 1.165) is 10.4 Å². The quantitative estimate of drug-likeness (QED) is 0.309. The number of carbonyl (C=O) groups is 2. The Morgan fingerprint density at radius 1 is 1.11 bits per heavy atom. The Morgan fingerprint density at radius 2 is 1.97 bits per heavy atom. The Bertz CT molecular complexity index is 1310. The van der Waals surface area contributed by atoms with Gasteiger partial charge >= 0.3 is 0 Å². The van der Waals surface area contributed by atoms with Crippen LogP contribution >= 0.6 is 11.3 Å². The predicted molar refractivity (Wildman–Crippen MR) is 132 cm³/mol. The first-order chi connectivity index (χ1) is 16.8. The molecule has 1 saturated heterocycles. The standard InChI is InChI=1S/C24H25N3O6S2/c28-22(27-30)14-24(10-1-2-12-35(24,31)32)21-9-8-20(34-21)17-5-3-6-18(13-17)26-23(29)16-33-19-7-4-11-25-15-19/h3-9,11,13,15,30H,1-2,10,12,14,16H2,(H,26,29)(H,27,28)/t24-/m0/s1. The summed E-state index contributed by atoms with van der Waals surface area (Å²) < 4.78 is 30.3. The second kappa shape index (κ2) is 10.5. The number of ether oxygens (including phenoxy) is 1. The summed E-state index contributed by atoms with van der Waals surface area (Å²) in [5.41, 5.74) is 2.94. The van der Waals surface area contributed by atoms with E-state index in [4.69, 9.17) is 9.94 Å². The number of sulfone groups is 1. The van der Waals surface area contributed by atoms with Crippen molar-refractivity contribution >= 4 is 38.7 Å². The first-order valence-corrected chi connectivity index (χ1v) is 13.5. The molecule has 3 aromatic rings. The monoisotopic (exact) mass is 515 g/mol. The van der Waals surface area contributed by atoms with Crippen LogP contribution in [0.2, 0.25) is 0 Å². The minimum Gasteiger partial charge on any atom is -0.482 e. The smallest absolute Gasteiger partial charge is 0.262 e. The van der Waals surface area contributed by atoms with Crippen LogP contribution in [0.5, 0.6) is 5.75 Å².